The third-order valence-corrected chi connectivity index (χ3v) is 3.27. The summed E-state index contributed by atoms with van der Waals surface area (Å²) >= 11 is 0. The summed E-state index contributed by atoms with van der Waals surface area (Å²) in [5, 5.41) is -1.23. The Balaban J connectivity index is 3.20. The van der Waals surface area contributed by atoms with Gasteiger partial charge in [-0.1, -0.05) is 30.3 Å². The molecule has 0 spiro atoms. The molecule has 1 unspecified atom stereocenters. The van der Waals surface area contributed by atoms with Gasteiger partial charge in [0.25, 0.3) is 0 Å². The van der Waals surface area contributed by atoms with Gasteiger partial charge in [-0.3, -0.25) is 4.79 Å². The normalized spacial score (nSPS) is 13.2. The van der Waals surface area contributed by atoms with E-state index in [9.17, 15) is 13.2 Å². The number of hydrogen-bond acceptors (Lipinski definition) is 4. The summed E-state index contributed by atoms with van der Waals surface area (Å²) in [7, 11) is -2.33. The first-order chi connectivity index (χ1) is 6.96. The fourth-order valence-corrected chi connectivity index (χ4v) is 2.39. The molecule has 0 heterocycles. The monoisotopic (exact) mass is 228 g/mol. The van der Waals surface area contributed by atoms with Crippen molar-refractivity contribution in [3.05, 3.63) is 35.9 Å². The van der Waals surface area contributed by atoms with Crippen LogP contribution in [0.4, 0.5) is 0 Å². The number of carbonyl (C=O) groups is 1. The molecule has 0 aliphatic rings. The van der Waals surface area contributed by atoms with Crippen LogP contribution < -0.4 is 0 Å². The van der Waals surface area contributed by atoms with Crippen molar-refractivity contribution in [2.75, 3.05) is 13.4 Å². The summed E-state index contributed by atoms with van der Waals surface area (Å²) in [6.45, 7) is 0. The first kappa shape index (κ1) is 11.7. The van der Waals surface area contributed by atoms with E-state index in [4.69, 9.17) is 0 Å². The fourth-order valence-electron chi connectivity index (χ4n) is 1.29. The van der Waals surface area contributed by atoms with Crippen molar-refractivity contribution in [3.63, 3.8) is 0 Å². The van der Waals surface area contributed by atoms with E-state index in [1.54, 1.807) is 30.3 Å². The lowest BCUT2D eigenvalue weighted by Gasteiger charge is -2.12. The Hall–Kier alpha value is -1.36. The molecule has 0 bridgehead atoms. The minimum atomic E-state index is -3.50. The van der Waals surface area contributed by atoms with E-state index in [2.05, 4.69) is 4.74 Å². The molecule has 0 radical (unpaired) electrons. The molecule has 5 heteroatoms. The van der Waals surface area contributed by atoms with Crippen LogP contribution in [0.25, 0.3) is 0 Å². The van der Waals surface area contributed by atoms with Crippen LogP contribution in [0.3, 0.4) is 0 Å². The Morgan fingerprint density at radius 3 is 2.20 bits per heavy atom. The molecule has 0 aromatic heterocycles. The van der Waals surface area contributed by atoms with Gasteiger partial charge in [0.2, 0.25) is 0 Å². The molecular formula is C10H12O4S. The Kier molecular flexibility index (Phi) is 3.47. The van der Waals surface area contributed by atoms with Crippen LogP contribution in [-0.2, 0) is 19.4 Å². The molecular weight excluding hydrogens is 216 g/mol. The Labute approximate surface area is 88.8 Å². The second-order valence-corrected chi connectivity index (χ2v) is 5.27. The highest BCUT2D eigenvalue weighted by atomic mass is 32.2. The number of benzene rings is 1. The van der Waals surface area contributed by atoms with Gasteiger partial charge in [0.05, 0.1) is 7.11 Å². The Bertz CT molecular complexity index is 436. The number of carbonyl (C=O) groups excluding carboxylic acids is 1. The van der Waals surface area contributed by atoms with E-state index in [1.165, 1.54) is 7.11 Å². The molecule has 15 heavy (non-hydrogen) atoms. The van der Waals surface area contributed by atoms with Crippen molar-refractivity contribution < 1.29 is 17.9 Å². The quantitative estimate of drug-likeness (QED) is 0.722. The number of methoxy groups -OCH3 is 1. The highest BCUT2D eigenvalue weighted by Crippen LogP contribution is 2.22. The Morgan fingerprint density at radius 1 is 1.27 bits per heavy atom. The van der Waals surface area contributed by atoms with Crippen LogP contribution in [0, 0.1) is 0 Å². The van der Waals surface area contributed by atoms with E-state index in [0.717, 1.165) is 6.26 Å². The third-order valence-electron chi connectivity index (χ3n) is 1.95. The van der Waals surface area contributed by atoms with Crippen molar-refractivity contribution in [3.8, 4) is 0 Å². The van der Waals surface area contributed by atoms with E-state index >= 15 is 0 Å². The number of rotatable bonds is 3. The average Bonchev–Trinajstić information content (AvgIpc) is 2.17. The van der Waals surface area contributed by atoms with E-state index in [-0.39, 0.29) is 0 Å². The van der Waals surface area contributed by atoms with Crippen molar-refractivity contribution in [1.29, 1.82) is 0 Å². The second-order valence-electron chi connectivity index (χ2n) is 3.14. The number of ether oxygens (including phenoxy) is 1. The van der Waals surface area contributed by atoms with Crippen LogP contribution in [0.15, 0.2) is 30.3 Å². The van der Waals surface area contributed by atoms with Crippen LogP contribution >= 0.6 is 0 Å². The van der Waals surface area contributed by atoms with Gasteiger partial charge in [0.1, 0.15) is 0 Å². The highest BCUT2D eigenvalue weighted by molar-refractivity contribution is 7.91. The van der Waals surface area contributed by atoms with Crippen LogP contribution in [-0.4, -0.2) is 27.8 Å². The molecule has 1 aromatic rings. The number of hydrogen-bond donors (Lipinski definition) is 0. The molecule has 0 saturated heterocycles. The molecule has 0 amide bonds. The SMILES string of the molecule is COC(=O)C(c1ccccc1)S(C)(=O)=O. The standard InChI is InChI=1S/C10H12O4S/c1-14-10(11)9(15(2,12)13)8-6-4-3-5-7-8/h3-7,9H,1-2H3. The zero-order valence-electron chi connectivity index (χ0n) is 8.51. The number of sulfone groups is 1. The van der Waals surface area contributed by atoms with Crippen molar-refractivity contribution in [2.24, 2.45) is 0 Å². The zero-order chi connectivity index (χ0) is 11.5. The van der Waals surface area contributed by atoms with Gasteiger partial charge >= 0.3 is 5.97 Å². The van der Waals surface area contributed by atoms with Crippen LogP contribution in [0.5, 0.6) is 0 Å². The minimum absolute atomic E-state index is 0.423. The van der Waals surface area contributed by atoms with Crippen LogP contribution in [0.2, 0.25) is 0 Å². The molecule has 1 atom stereocenters. The maximum atomic E-state index is 11.4. The van der Waals surface area contributed by atoms with Crippen molar-refractivity contribution in [2.45, 2.75) is 5.25 Å². The lowest BCUT2D eigenvalue weighted by molar-refractivity contribution is -0.140. The van der Waals surface area contributed by atoms with E-state index in [0.29, 0.717) is 5.56 Å². The minimum Gasteiger partial charge on any atom is -0.468 e. The Morgan fingerprint density at radius 2 is 1.80 bits per heavy atom. The van der Waals surface area contributed by atoms with Gasteiger partial charge in [-0.15, -0.1) is 0 Å². The molecule has 0 aliphatic heterocycles. The third kappa shape index (κ3) is 2.79. The zero-order valence-corrected chi connectivity index (χ0v) is 9.32. The summed E-state index contributed by atoms with van der Waals surface area (Å²) in [6, 6.07) is 8.28. The largest absolute Gasteiger partial charge is 0.468 e. The molecule has 0 aliphatic carbocycles. The molecule has 82 valence electrons. The molecule has 0 fully saturated rings. The first-order valence-corrected chi connectivity index (χ1v) is 6.24. The number of esters is 1. The maximum Gasteiger partial charge on any atom is 0.328 e. The van der Waals surface area contributed by atoms with Crippen LogP contribution in [0.1, 0.15) is 10.8 Å². The maximum absolute atomic E-state index is 11.4. The molecule has 0 N–H and O–H groups in total. The lowest BCUT2D eigenvalue weighted by atomic mass is 10.1. The topological polar surface area (TPSA) is 60.4 Å². The van der Waals surface area contributed by atoms with E-state index in [1.807, 2.05) is 0 Å². The lowest BCUT2D eigenvalue weighted by Crippen LogP contribution is -2.22. The van der Waals surface area contributed by atoms with E-state index < -0.39 is 21.1 Å². The summed E-state index contributed by atoms with van der Waals surface area (Å²) in [5.41, 5.74) is 0.423. The van der Waals surface area contributed by atoms with Gasteiger partial charge in [-0.05, 0) is 5.56 Å². The second kappa shape index (κ2) is 4.44. The van der Waals surface area contributed by atoms with Gasteiger partial charge in [0, 0.05) is 6.26 Å². The van der Waals surface area contributed by atoms with Gasteiger partial charge in [0.15, 0.2) is 15.1 Å². The van der Waals surface area contributed by atoms with Crippen molar-refractivity contribution >= 4 is 15.8 Å². The molecule has 1 aromatic carbocycles. The molecule has 4 nitrogen and oxygen atoms in total. The fraction of sp³-hybridized carbons (Fsp3) is 0.300. The summed E-state index contributed by atoms with van der Waals surface area (Å²) in [6.07, 6.45) is 1.02. The van der Waals surface area contributed by atoms with Gasteiger partial charge in [-0.25, -0.2) is 8.42 Å². The first-order valence-electron chi connectivity index (χ1n) is 4.28. The van der Waals surface area contributed by atoms with Gasteiger partial charge < -0.3 is 4.74 Å². The molecule has 1 rings (SSSR count). The molecule has 0 saturated carbocycles. The highest BCUT2D eigenvalue weighted by Gasteiger charge is 2.31. The predicted octanol–water partition coefficient (Wildman–Crippen LogP) is 0.945. The average molecular weight is 228 g/mol. The van der Waals surface area contributed by atoms with Crippen molar-refractivity contribution in [1.82, 2.24) is 0 Å². The summed E-state index contributed by atoms with van der Waals surface area (Å²) < 4.78 is 27.3. The van der Waals surface area contributed by atoms with Gasteiger partial charge in [-0.2, -0.15) is 0 Å². The predicted molar refractivity (Wildman–Crippen MR) is 56.0 cm³/mol. The summed E-state index contributed by atoms with van der Waals surface area (Å²) in [5.74, 6) is -0.760. The smallest absolute Gasteiger partial charge is 0.328 e. The summed E-state index contributed by atoms with van der Waals surface area (Å²) in [4.78, 5) is 11.4.